The largest absolute Gasteiger partial charge is 0.333 e. The molecule has 26 heavy (non-hydrogen) atoms. The Kier molecular flexibility index (Phi) is 4.40. The van der Waals surface area contributed by atoms with E-state index in [1.165, 1.54) is 11.8 Å². The minimum absolute atomic E-state index is 0.115. The van der Waals surface area contributed by atoms with E-state index in [1.54, 1.807) is 29.4 Å². The zero-order chi connectivity index (χ0) is 17.9. The molecule has 0 saturated carbocycles. The molecule has 0 aliphatic carbocycles. The Morgan fingerprint density at radius 1 is 1.12 bits per heavy atom. The summed E-state index contributed by atoms with van der Waals surface area (Å²) in [6.07, 6.45) is 5.43. The van der Waals surface area contributed by atoms with Gasteiger partial charge in [0.15, 0.2) is 5.69 Å². The highest BCUT2D eigenvalue weighted by atomic mass is 32.1. The number of benzene rings is 1. The van der Waals surface area contributed by atoms with Crippen LogP contribution in [0.25, 0.3) is 0 Å². The van der Waals surface area contributed by atoms with Crippen LogP contribution in [0.4, 0.5) is 5.69 Å². The number of hydrogen-bond acceptors (Lipinski definition) is 6. The number of aromatic nitrogens is 3. The van der Waals surface area contributed by atoms with Crippen LogP contribution < -0.4 is 5.32 Å². The molecule has 0 fully saturated rings. The summed E-state index contributed by atoms with van der Waals surface area (Å²) < 4.78 is 7.90. The molecule has 1 N–H and O–H groups in total. The van der Waals surface area contributed by atoms with Gasteiger partial charge in [-0.3, -0.25) is 14.6 Å². The van der Waals surface area contributed by atoms with Crippen LogP contribution in [0, 0.1) is 0 Å². The molecule has 3 aromatic rings. The Hall–Kier alpha value is -3.13. The van der Waals surface area contributed by atoms with E-state index in [0.29, 0.717) is 30.0 Å². The standard InChI is InChI=1S/C18H15N5O2S/c24-17(13-3-6-19-7-4-13)21-15-2-1-12-5-8-23(11-14(12)9-15)18(25)16-10-20-26-22-16/h1-4,6-7,9-10H,5,8,11H2,(H,21,24). The third kappa shape index (κ3) is 3.31. The molecule has 0 saturated heterocycles. The van der Waals surface area contributed by atoms with Crippen molar-refractivity contribution in [2.75, 3.05) is 11.9 Å². The number of rotatable bonds is 3. The average molecular weight is 365 g/mol. The molecule has 0 spiro atoms. The molecule has 0 atom stereocenters. The zero-order valence-electron chi connectivity index (χ0n) is 13.8. The SMILES string of the molecule is O=C(Nc1ccc2c(c1)CN(C(=O)c1cnsn1)CC2)c1ccncc1. The van der Waals surface area contributed by atoms with E-state index < -0.39 is 0 Å². The van der Waals surface area contributed by atoms with Gasteiger partial charge in [0, 0.05) is 36.7 Å². The monoisotopic (exact) mass is 365 g/mol. The van der Waals surface area contributed by atoms with Crippen LogP contribution >= 0.6 is 11.7 Å². The molecule has 7 nitrogen and oxygen atoms in total. The lowest BCUT2D eigenvalue weighted by Crippen LogP contribution is -2.36. The summed E-state index contributed by atoms with van der Waals surface area (Å²) >= 11 is 1.03. The molecule has 0 unspecified atom stereocenters. The molecule has 0 bridgehead atoms. The summed E-state index contributed by atoms with van der Waals surface area (Å²) in [6.45, 7) is 1.14. The fraction of sp³-hybridized carbons (Fsp3) is 0.167. The summed E-state index contributed by atoms with van der Waals surface area (Å²) in [5.41, 5.74) is 3.84. The molecular formula is C18H15N5O2S. The van der Waals surface area contributed by atoms with Crippen molar-refractivity contribution in [1.82, 2.24) is 18.6 Å². The highest BCUT2D eigenvalue weighted by Crippen LogP contribution is 2.24. The van der Waals surface area contributed by atoms with Gasteiger partial charge in [0.05, 0.1) is 17.9 Å². The first kappa shape index (κ1) is 16.3. The van der Waals surface area contributed by atoms with Gasteiger partial charge < -0.3 is 10.2 Å². The normalized spacial score (nSPS) is 13.2. The highest BCUT2D eigenvalue weighted by molar-refractivity contribution is 6.99. The van der Waals surface area contributed by atoms with Crippen LogP contribution in [0.5, 0.6) is 0 Å². The molecule has 1 aromatic carbocycles. The van der Waals surface area contributed by atoms with E-state index >= 15 is 0 Å². The number of carbonyl (C=O) groups excluding carboxylic acids is 2. The summed E-state index contributed by atoms with van der Waals surface area (Å²) in [4.78, 5) is 30.4. The van der Waals surface area contributed by atoms with Crippen LogP contribution in [0.3, 0.4) is 0 Å². The van der Waals surface area contributed by atoms with Crippen LogP contribution in [-0.2, 0) is 13.0 Å². The minimum atomic E-state index is -0.190. The van der Waals surface area contributed by atoms with Crippen molar-refractivity contribution >= 4 is 29.2 Å². The lowest BCUT2D eigenvalue weighted by Gasteiger charge is -2.28. The number of nitrogens with zero attached hydrogens (tertiary/aromatic N) is 4. The van der Waals surface area contributed by atoms with Crippen LogP contribution in [0.2, 0.25) is 0 Å². The number of anilines is 1. The van der Waals surface area contributed by atoms with Gasteiger partial charge in [-0.2, -0.15) is 8.75 Å². The van der Waals surface area contributed by atoms with Gasteiger partial charge in [0.1, 0.15) is 0 Å². The average Bonchev–Trinajstić information content (AvgIpc) is 3.22. The van der Waals surface area contributed by atoms with Crippen molar-refractivity contribution in [3.8, 4) is 0 Å². The topological polar surface area (TPSA) is 88.1 Å². The predicted molar refractivity (Wildman–Crippen MR) is 97.0 cm³/mol. The van der Waals surface area contributed by atoms with E-state index in [2.05, 4.69) is 19.0 Å². The fourth-order valence-electron chi connectivity index (χ4n) is 2.94. The molecule has 4 rings (SSSR count). The van der Waals surface area contributed by atoms with Gasteiger partial charge in [-0.15, -0.1) is 0 Å². The summed E-state index contributed by atoms with van der Waals surface area (Å²) in [7, 11) is 0. The second kappa shape index (κ2) is 7.01. The van der Waals surface area contributed by atoms with Gasteiger partial charge in [0.25, 0.3) is 11.8 Å². The fourth-order valence-corrected chi connectivity index (χ4v) is 3.34. The first-order chi connectivity index (χ1) is 12.7. The maximum Gasteiger partial charge on any atom is 0.275 e. The Balaban J connectivity index is 1.51. The molecule has 130 valence electrons. The Morgan fingerprint density at radius 2 is 1.96 bits per heavy atom. The van der Waals surface area contributed by atoms with Crippen molar-refractivity contribution in [2.24, 2.45) is 0 Å². The Labute approximate surface area is 154 Å². The summed E-state index contributed by atoms with van der Waals surface area (Å²) in [5, 5.41) is 2.89. The number of nitrogens with one attached hydrogen (secondary N) is 1. The quantitative estimate of drug-likeness (QED) is 0.770. The van der Waals surface area contributed by atoms with Gasteiger partial charge in [0.2, 0.25) is 0 Å². The molecule has 2 amide bonds. The molecule has 1 aliphatic rings. The smallest absolute Gasteiger partial charge is 0.275 e. The third-order valence-corrected chi connectivity index (χ3v) is 4.76. The first-order valence-corrected chi connectivity index (χ1v) is 8.84. The third-order valence-electron chi connectivity index (χ3n) is 4.29. The number of amides is 2. The van der Waals surface area contributed by atoms with Crippen molar-refractivity contribution in [3.63, 3.8) is 0 Å². The number of fused-ring (bicyclic) bond motifs is 1. The highest BCUT2D eigenvalue weighted by Gasteiger charge is 2.23. The molecule has 0 radical (unpaired) electrons. The van der Waals surface area contributed by atoms with Crippen molar-refractivity contribution in [2.45, 2.75) is 13.0 Å². The lowest BCUT2D eigenvalue weighted by molar-refractivity contribution is 0.0729. The molecule has 1 aliphatic heterocycles. The van der Waals surface area contributed by atoms with E-state index in [-0.39, 0.29) is 11.8 Å². The second-order valence-corrected chi connectivity index (χ2v) is 6.50. The van der Waals surface area contributed by atoms with E-state index in [9.17, 15) is 9.59 Å². The van der Waals surface area contributed by atoms with Crippen molar-refractivity contribution in [3.05, 3.63) is 71.3 Å². The second-order valence-electron chi connectivity index (χ2n) is 5.94. The number of hydrogen-bond donors (Lipinski definition) is 1. The van der Waals surface area contributed by atoms with Crippen LogP contribution in [0.15, 0.2) is 48.9 Å². The van der Waals surface area contributed by atoms with Gasteiger partial charge in [-0.05, 0) is 41.8 Å². The van der Waals surface area contributed by atoms with Gasteiger partial charge >= 0.3 is 0 Å². The summed E-state index contributed by atoms with van der Waals surface area (Å²) in [6, 6.07) is 9.14. The van der Waals surface area contributed by atoms with Crippen molar-refractivity contribution < 1.29 is 9.59 Å². The lowest BCUT2D eigenvalue weighted by atomic mass is 9.98. The van der Waals surface area contributed by atoms with E-state index in [4.69, 9.17) is 0 Å². The maximum absolute atomic E-state index is 12.5. The molecule has 8 heteroatoms. The van der Waals surface area contributed by atoms with Crippen LogP contribution in [-0.4, -0.2) is 37.0 Å². The zero-order valence-corrected chi connectivity index (χ0v) is 14.6. The number of carbonyl (C=O) groups is 2. The van der Waals surface area contributed by atoms with Crippen LogP contribution in [0.1, 0.15) is 32.0 Å². The van der Waals surface area contributed by atoms with E-state index in [0.717, 1.165) is 23.7 Å². The van der Waals surface area contributed by atoms with Gasteiger partial charge in [-0.1, -0.05) is 6.07 Å². The minimum Gasteiger partial charge on any atom is -0.333 e. The first-order valence-electron chi connectivity index (χ1n) is 8.11. The van der Waals surface area contributed by atoms with Crippen molar-refractivity contribution in [1.29, 1.82) is 0 Å². The number of pyridine rings is 1. The maximum atomic E-state index is 12.5. The Bertz CT molecular complexity index is 943. The molecule has 3 heterocycles. The molecule has 2 aromatic heterocycles. The van der Waals surface area contributed by atoms with E-state index in [1.807, 2.05) is 18.2 Å². The summed E-state index contributed by atoms with van der Waals surface area (Å²) in [5.74, 6) is -0.305. The van der Waals surface area contributed by atoms with Gasteiger partial charge in [-0.25, -0.2) is 0 Å². The Morgan fingerprint density at radius 3 is 2.73 bits per heavy atom. The molecular weight excluding hydrogens is 350 g/mol. The predicted octanol–water partition coefficient (Wildman–Crippen LogP) is 2.38.